The third-order valence-electron chi connectivity index (χ3n) is 2.09. The van der Waals surface area contributed by atoms with Crippen molar-refractivity contribution in [2.45, 2.75) is 16.9 Å². The first-order valence-corrected chi connectivity index (χ1v) is 6.27. The molecule has 0 spiro atoms. The number of urea groups is 1. The molecule has 106 valence electrons. The summed E-state index contributed by atoms with van der Waals surface area (Å²) in [4.78, 5) is 10.5. The molecule has 1 rings (SSSR count). The van der Waals surface area contributed by atoms with Crippen LogP contribution in [-0.2, 0) is 6.54 Å². The minimum Gasteiger partial charge on any atom is -0.352 e. The molecule has 0 saturated heterocycles. The molecule has 0 saturated carbocycles. The molecule has 0 aliphatic heterocycles. The first-order chi connectivity index (χ1) is 8.87. The van der Waals surface area contributed by atoms with Crippen LogP contribution in [0.25, 0.3) is 0 Å². The summed E-state index contributed by atoms with van der Waals surface area (Å²) in [6.07, 6.45) is 0. The van der Waals surface area contributed by atoms with Gasteiger partial charge in [-0.05, 0) is 29.5 Å². The van der Waals surface area contributed by atoms with E-state index < -0.39 is 11.5 Å². The lowest BCUT2D eigenvalue weighted by Crippen LogP contribution is -2.35. The highest BCUT2D eigenvalue weighted by atomic mass is 32.2. The Hall–Kier alpha value is -1.41. The molecule has 0 aromatic heterocycles. The lowest BCUT2D eigenvalue weighted by atomic mass is 10.2. The largest absolute Gasteiger partial charge is 0.446 e. The summed E-state index contributed by atoms with van der Waals surface area (Å²) in [6, 6.07) is 5.52. The molecule has 4 N–H and O–H groups in total. The molecule has 1 aromatic rings. The van der Waals surface area contributed by atoms with Gasteiger partial charge in [0.05, 0.1) is 0 Å². The van der Waals surface area contributed by atoms with Crippen LogP contribution in [0.15, 0.2) is 29.2 Å². The van der Waals surface area contributed by atoms with Crippen molar-refractivity contribution in [3.05, 3.63) is 29.8 Å². The lowest BCUT2D eigenvalue weighted by Gasteiger charge is -2.08. The molecule has 0 aliphatic carbocycles. The minimum absolute atomic E-state index is 0.137. The zero-order valence-corrected chi connectivity index (χ0v) is 10.8. The topological polar surface area (TPSA) is 67.2 Å². The number of carbonyl (C=O) groups excluding carboxylic acids is 1. The summed E-state index contributed by atoms with van der Waals surface area (Å²) >= 11 is -0.137. The number of nitrogens with two attached hydrogens (primary N) is 1. The summed E-state index contributed by atoms with van der Waals surface area (Å²) in [5.74, 6) is 0. The standard InChI is InChI=1S/C11H14F3N3OS/c12-11(13,14)19-9-3-1-8(2-4-9)7-16-5-6-17-10(15)18/h1-4,16H,5-7H2,(H3,15,17,18). The normalized spacial score (nSPS) is 11.3. The molecule has 0 bridgehead atoms. The van der Waals surface area contributed by atoms with E-state index in [1.165, 1.54) is 12.1 Å². The Bertz CT molecular complexity index is 409. The summed E-state index contributed by atoms with van der Waals surface area (Å²) in [6.45, 7) is 1.44. The fraction of sp³-hybridized carbons (Fsp3) is 0.364. The molecule has 0 fully saturated rings. The van der Waals surface area contributed by atoms with Crippen LogP contribution in [0.3, 0.4) is 0 Å². The molecule has 0 unspecified atom stereocenters. The summed E-state index contributed by atoms with van der Waals surface area (Å²) < 4.78 is 36.3. The van der Waals surface area contributed by atoms with Crippen molar-refractivity contribution in [1.29, 1.82) is 0 Å². The number of hydrogen-bond donors (Lipinski definition) is 3. The monoisotopic (exact) mass is 293 g/mol. The number of primary amides is 1. The molecule has 0 radical (unpaired) electrons. The maximum absolute atomic E-state index is 12.1. The van der Waals surface area contributed by atoms with Gasteiger partial charge in [-0.15, -0.1) is 0 Å². The Kier molecular flexibility index (Phi) is 5.97. The van der Waals surface area contributed by atoms with Crippen molar-refractivity contribution in [3.63, 3.8) is 0 Å². The van der Waals surface area contributed by atoms with Crippen molar-refractivity contribution in [1.82, 2.24) is 10.6 Å². The second kappa shape index (κ2) is 7.25. The summed E-state index contributed by atoms with van der Waals surface area (Å²) in [5, 5.41) is 5.44. The van der Waals surface area contributed by atoms with Gasteiger partial charge in [0.25, 0.3) is 0 Å². The quantitative estimate of drug-likeness (QED) is 0.555. The number of benzene rings is 1. The fourth-order valence-corrected chi connectivity index (χ4v) is 1.86. The summed E-state index contributed by atoms with van der Waals surface area (Å²) in [5.41, 5.74) is 1.48. The Labute approximate surface area is 112 Å². The van der Waals surface area contributed by atoms with Crippen molar-refractivity contribution in [3.8, 4) is 0 Å². The third-order valence-corrected chi connectivity index (χ3v) is 2.83. The molecule has 0 heterocycles. The Morgan fingerprint density at radius 3 is 2.37 bits per heavy atom. The molecule has 0 aliphatic rings. The molecule has 4 nitrogen and oxygen atoms in total. The van der Waals surface area contributed by atoms with E-state index in [4.69, 9.17) is 5.73 Å². The van der Waals surface area contributed by atoms with E-state index in [1.54, 1.807) is 12.1 Å². The number of thioether (sulfide) groups is 1. The number of carbonyl (C=O) groups is 1. The molecule has 1 aromatic carbocycles. The fourth-order valence-electron chi connectivity index (χ4n) is 1.32. The number of amides is 2. The lowest BCUT2D eigenvalue weighted by molar-refractivity contribution is -0.0328. The number of hydrogen-bond acceptors (Lipinski definition) is 3. The number of nitrogens with one attached hydrogen (secondary N) is 2. The third kappa shape index (κ3) is 7.58. The Morgan fingerprint density at radius 2 is 1.84 bits per heavy atom. The second-order valence-electron chi connectivity index (χ2n) is 3.66. The molecular weight excluding hydrogens is 279 g/mol. The van der Waals surface area contributed by atoms with E-state index in [1.807, 2.05) is 0 Å². The van der Waals surface area contributed by atoms with Crippen molar-refractivity contribution in [2.24, 2.45) is 5.73 Å². The van der Waals surface area contributed by atoms with Crippen LogP contribution in [0.2, 0.25) is 0 Å². The van der Waals surface area contributed by atoms with E-state index in [9.17, 15) is 18.0 Å². The van der Waals surface area contributed by atoms with Crippen LogP contribution in [-0.4, -0.2) is 24.6 Å². The van der Waals surface area contributed by atoms with Gasteiger partial charge < -0.3 is 16.4 Å². The van der Waals surface area contributed by atoms with Gasteiger partial charge in [0.1, 0.15) is 0 Å². The Morgan fingerprint density at radius 1 is 1.21 bits per heavy atom. The predicted octanol–water partition coefficient (Wildman–Crippen LogP) is 2.06. The van der Waals surface area contributed by atoms with Crippen LogP contribution < -0.4 is 16.4 Å². The van der Waals surface area contributed by atoms with Crippen molar-refractivity contribution in [2.75, 3.05) is 13.1 Å². The van der Waals surface area contributed by atoms with Crippen molar-refractivity contribution < 1.29 is 18.0 Å². The van der Waals surface area contributed by atoms with E-state index in [0.717, 1.165) is 5.56 Å². The van der Waals surface area contributed by atoms with Crippen LogP contribution in [0.1, 0.15) is 5.56 Å². The SMILES string of the molecule is NC(=O)NCCNCc1ccc(SC(F)(F)F)cc1. The van der Waals surface area contributed by atoms with E-state index in [0.29, 0.717) is 19.6 Å². The smallest absolute Gasteiger partial charge is 0.352 e. The molecular formula is C11H14F3N3OS. The van der Waals surface area contributed by atoms with Crippen LogP contribution in [0, 0.1) is 0 Å². The van der Waals surface area contributed by atoms with Gasteiger partial charge in [0.15, 0.2) is 0 Å². The van der Waals surface area contributed by atoms with E-state index >= 15 is 0 Å². The van der Waals surface area contributed by atoms with Crippen molar-refractivity contribution >= 4 is 17.8 Å². The Balaban J connectivity index is 2.30. The maximum atomic E-state index is 12.1. The minimum atomic E-state index is -4.26. The van der Waals surface area contributed by atoms with Gasteiger partial charge >= 0.3 is 11.5 Å². The number of halogens is 3. The van der Waals surface area contributed by atoms with Gasteiger partial charge in [-0.25, -0.2) is 4.79 Å². The van der Waals surface area contributed by atoms with Gasteiger partial charge in [0.2, 0.25) is 0 Å². The number of alkyl halides is 3. The van der Waals surface area contributed by atoms with Gasteiger partial charge in [-0.2, -0.15) is 13.2 Å². The maximum Gasteiger partial charge on any atom is 0.446 e. The zero-order valence-electron chi connectivity index (χ0n) is 9.96. The van der Waals surface area contributed by atoms with Gasteiger partial charge in [-0.3, -0.25) is 0 Å². The summed E-state index contributed by atoms with van der Waals surface area (Å²) in [7, 11) is 0. The average Bonchev–Trinajstić information content (AvgIpc) is 2.28. The predicted molar refractivity (Wildman–Crippen MR) is 67.6 cm³/mol. The molecule has 8 heteroatoms. The van der Waals surface area contributed by atoms with Gasteiger partial charge in [-0.1, -0.05) is 12.1 Å². The molecule has 19 heavy (non-hydrogen) atoms. The number of rotatable bonds is 6. The highest BCUT2D eigenvalue weighted by Crippen LogP contribution is 2.36. The van der Waals surface area contributed by atoms with E-state index in [-0.39, 0.29) is 16.7 Å². The van der Waals surface area contributed by atoms with Crippen LogP contribution >= 0.6 is 11.8 Å². The molecule has 0 atom stereocenters. The van der Waals surface area contributed by atoms with E-state index in [2.05, 4.69) is 10.6 Å². The first-order valence-electron chi connectivity index (χ1n) is 5.45. The van der Waals surface area contributed by atoms with Gasteiger partial charge in [0, 0.05) is 24.5 Å². The highest BCUT2D eigenvalue weighted by Gasteiger charge is 2.28. The van der Waals surface area contributed by atoms with Crippen LogP contribution in [0.4, 0.5) is 18.0 Å². The first kappa shape index (κ1) is 15.6. The zero-order chi connectivity index (χ0) is 14.3. The highest BCUT2D eigenvalue weighted by molar-refractivity contribution is 8.00. The van der Waals surface area contributed by atoms with Crippen LogP contribution in [0.5, 0.6) is 0 Å². The average molecular weight is 293 g/mol. The molecule has 2 amide bonds. The second-order valence-corrected chi connectivity index (χ2v) is 4.80.